The van der Waals surface area contributed by atoms with Crippen molar-refractivity contribution < 1.29 is 14.3 Å². The van der Waals surface area contributed by atoms with Gasteiger partial charge >= 0.3 is 0 Å². The van der Waals surface area contributed by atoms with E-state index in [2.05, 4.69) is 20.8 Å². The number of ether oxygens (including phenoxy) is 1. The zero-order chi connectivity index (χ0) is 22.4. The fourth-order valence-corrected chi connectivity index (χ4v) is 3.54. The number of aryl methyl sites for hydroxylation is 1. The number of aromatic nitrogens is 3. The maximum Gasteiger partial charge on any atom is 0.251 e. The van der Waals surface area contributed by atoms with Gasteiger partial charge < -0.3 is 19.9 Å². The average Bonchev–Trinajstić information content (AvgIpc) is 3.12. The molecule has 0 unspecified atom stereocenters. The molecule has 0 bridgehead atoms. The van der Waals surface area contributed by atoms with Gasteiger partial charge in [-0.15, -0.1) is 10.2 Å². The van der Waals surface area contributed by atoms with Gasteiger partial charge in [0, 0.05) is 23.3 Å². The first-order valence-corrected chi connectivity index (χ1v) is 10.7. The third-order valence-electron chi connectivity index (χ3n) is 4.47. The second-order valence-corrected chi connectivity index (χ2v) is 8.02. The summed E-state index contributed by atoms with van der Waals surface area (Å²) in [6.45, 7) is 2.11. The lowest BCUT2D eigenvalue weighted by Crippen LogP contribution is -2.24. The number of methoxy groups -OCH3 is 1. The van der Waals surface area contributed by atoms with E-state index in [4.69, 9.17) is 16.3 Å². The van der Waals surface area contributed by atoms with Crippen LogP contribution < -0.4 is 15.4 Å². The largest absolute Gasteiger partial charge is 0.497 e. The highest BCUT2D eigenvalue weighted by molar-refractivity contribution is 7.99. The van der Waals surface area contributed by atoms with Crippen molar-refractivity contribution in [2.45, 2.75) is 18.6 Å². The molecule has 0 aliphatic carbocycles. The van der Waals surface area contributed by atoms with Crippen LogP contribution in [-0.2, 0) is 18.4 Å². The van der Waals surface area contributed by atoms with E-state index < -0.39 is 0 Å². The zero-order valence-electron chi connectivity index (χ0n) is 17.3. The van der Waals surface area contributed by atoms with E-state index in [0.29, 0.717) is 33.0 Å². The SMILES string of the molecule is COc1ccc(C(=O)NCc2nnc(SCC(=O)Nc3ccc(C)c(Cl)c3)n2C)cc1. The first-order valence-electron chi connectivity index (χ1n) is 9.36. The van der Waals surface area contributed by atoms with Gasteiger partial charge in [0.15, 0.2) is 11.0 Å². The molecule has 0 atom stereocenters. The Kier molecular flexibility index (Phi) is 7.54. The number of halogens is 1. The molecule has 0 saturated carbocycles. The Hall–Kier alpha value is -3.04. The Bertz CT molecular complexity index is 1090. The first-order chi connectivity index (χ1) is 14.9. The van der Waals surface area contributed by atoms with Crippen LogP contribution in [0.5, 0.6) is 5.75 Å². The first kappa shape index (κ1) is 22.6. The van der Waals surface area contributed by atoms with Crippen molar-refractivity contribution in [3.05, 3.63) is 64.4 Å². The lowest BCUT2D eigenvalue weighted by Gasteiger charge is -2.08. The minimum absolute atomic E-state index is 0.162. The summed E-state index contributed by atoms with van der Waals surface area (Å²) >= 11 is 7.34. The molecule has 8 nitrogen and oxygen atoms in total. The molecule has 2 N–H and O–H groups in total. The number of carbonyl (C=O) groups excluding carboxylic acids is 2. The molecule has 1 aromatic heterocycles. The van der Waals surface area contributed by atoms with Crippen molar-refractivity contribution in [3.8, 4) is 5.75 Å². The average molecular weight is 460 g/mol. The molecule has 10 heteroatoms. The van der Waals surface area contributed by atoms with Crippen LogP contribution >= 0.6 is 23.4 Å². The predicted octanol–water partition coefficient (Wildman–Crippen LogP) is 3.45. The van der Waals surface area contributed by atoms with E-state index >= 15 is 0 Å². The van der Waals surface area contributed by atoms with Gasteiger partial charge in [0.05, 0.1) is 19.4 Å². The maximum absolute atomic E-state index is 12.3. The Morgan fingerprint density at radius 1 is 1.16 bits per heavy atom. The van der Waals surface area contributed by atoms with Crippen LogP contribution in [0.25, 0.3) is 0 Å². The second kappa shape index (κ2) is 10.3. The predicted molar refractivity (Wildman–Crippen MR) is 121 cm³/mol. The number of thioether (sulfide) groups is 1. The Morgan fingerprint density at radius 2 is 1.90 bits per heavy atom. The number of amides is 2. The standard InChI is InChI=1S/C21H22ClN5O3S/c1-13-4-7-15(10-17(13)22)24-19(28)12-31-21-26-25-18(27(21)2)11-23-20(29)14-5-8-16(30-3)9-6-14/h4-10H,11-12H2,1-3H3,(H,23,29)(H,24,28). The fraction of sp³-hybridized carbons (Fsp3) is 0.238. The summed E-state index contributed by atoms with van der Waals surface area (Å²) in [4.78, 5) is 24.5. The number of nitrogens with zero attached hydrogens (tertiary/aromatic N) is 3. The van der Waals surface area contributed by atoms with E-state index in [1.54, 1.807) is 55.1 Å². The molecule has 0 saturated heterocycles. The molecule has 0 spiro atoms. The van der Waals surface area contributed by atoms with Crippen LogP contribution in [0.1, 0.15) is 21.7 Å². The molecule has 162 valence electrons. The van der Waals surface area contributed by atoms with Crippen molar-refractivity contribution in [1.82, 2.24) is 20.1 Å². The molecule has 0 aliphatic heterocycles. The summed E-state index contributed by atoms with van der Waals surface area (Å²) in [6.07, 6.45) is 0. The lowest BCUT2D eigenvalue weighted by atomic mass is 10.2. The van der Waals surface area contributed by atoms with Crippen LogP contribution in [0.2, 0.25) is 5.02 Å². The summed E-state index contributed by atoms with van der Waals surface area (Å²) in [5.41, 5.74) is 2.10. The lowest BCUT2D eigenvalue weighted by molar-refractivity contribution is -0.113. The van der Waals surface area contributed by atoms with Crippen LogP contribution in [0.3, 0.4) is 0 Å². The van der Waals surface area contributed by atoms with Crippen molar-refractivity contribution in [1.29, 1.82) is 0 Å². The van der Waals surface area contributed by atoms with Gasteiger partial charge in [-0.3, -0.25) is 9.59 Å². The van der Waals surface area contributed by atoms with E-state index in [1.165, 1.54) is 11.8 Å². The summed E-state index contributed by atoms with van der Waals surface area (Å²) in [5, 5.41) is 15.0. The molecule has 3 rings (SSSR count). The topological polar surface area (TPSA) is 98.1 Å². The molecule has 2 amide bonds. The van der Waals surface area contributed by atoms with Gasteiger partial charge in [0.2, 0.25) is 5.91 Å². The maximum atomic E-state index is 12.3. The van der Waals surface area contributed by atoms with Crippen LogP contribution in [0.4, 0.5) is 5.69 Å². The molecule has 31 heavy (non-hydrogen) atoms. The van der Waals surface area contributed by atoms with E-state index in [0.717, 1.165) is 5.56 Å². The van der Waals surface area contributed by atoms with E-state index in [1.807, 2.05) is 13.0 Å². The number of benzene rings is 2. The number of hydrogen-bond acceptors (Lipinski definition) is 6. The Labute approximate surface area is 189 Å². The number of hydrogen-bond donors (Lipinski definition) is 2. The monoisotopic (exact) mass is 459 g/mol. The van der Waals surface area contributed by atoms with Crippen molar-refractivity contribution in [3.63, 3.8) is 0 Å². The summed E-state index contributed by atoms with van der Waals surface area (Å²) in [5.74, 6) is 1.02. The van der Waals surface area contributed by atoms with Crippen LogP contribution in [0.15, 0.2) is 47.6 Å². The number of nitrogens with one attached hydrogen (secondary N) is 2. The van der Waals surface area contributed by atoms with Crippen molar-refractivity contribution in [2.75, 3.05) is 18.2 Å². The van der Waals surface area contributed by atoms with Crippen LogP contribution in [0, 0.1) is 6.92 Å². The van der Waals surface area contributed by atoms with Crippen molar-refractivity contribution in [2.24, 2.45) is 7.05 Å². The highest BCUT2D eigenvalue weighted by Crippen LogP contribution is 2.21. The van der Waals surface area contributed by atoms with Crippen molar-refractivity contribution >= 4 is 40.9 Å². The zero-order valence-corrected chi connectivity index (χ0v) is 18.9. The summed E-state index contributed by atoms with van der Waals surface area (Å²) in [6, 6.07) is 12.2. The number of anilines is 1. The summed E-state index contributed by atoms with van der Waals surface area (Å²) in [7, 11) is 3.36. The fourth-order valence-electron chi connectivity index (χ4n) is 2.63. The van der Waals surface area contributed by atoms with Gasteiger partial charge in [-0.1, -0.05) is 29.4 Å². The van der Waals surface area contributed by atoms with Gasteiger partial charge in [-0.2, -0.15) is 0 Å². The molecule has 2 aromatic carbocycles. The quantitative estimate of drug-likeness (QED) is 0.501. The molecular weight excluding hydrogens is 438 g/mol. The third-order valence-corrected chi connectivity index (χ3v) is 5.90. The second-order valence-electron chi connectivity index (χ2n) is 6.67. The van der Waals surface area contributed by atoms with Crippen LogP contribution in [-0.4, -0.2) is 39.4 Å². The van der Waals surface area contributed by atoms with E-state index in [9.17, 15) is 9.59 Å². The molecular formula is C21H22ClN5O3S. The Morgan fingerprint density at radius 3 is 2.58 bits per heavy atom. The molecule has 1 heterocycles. The minimum Gasteiger partial charge on any atom is -0.497 e. The normalized spacial score (nSPS) is 10.6. The van der Waals surface area contributed by atoms with Gasteiger partial charge in [-0.25, -0.2) is 0 Å². The molecule has 0 fully saturated rings. The van der Waals surface area contributed by atoms with Gasteiger partial charge in [-0.05, 0) is 48.9 Å². The Balaban J connectivity index is 1.51. The number of carbonyl (C=O) groups is 2. The smallest absolute Gasteiger partial charge is 0.251 e. The third kappa shape index (κ3) is 5.99. The number of rotatable bonds is 8. The molecule has 0 aliphatic rings. The highest BCUT2D eigenvalue weighted by Gasteiger charge is 2.13. The summed E-state index contributed by atoms with van der Waals surface area (Å²) < 4.78 is 6.83. The highest BCUT2D eigenvalue weighted by atomic mass is 35.5. The van der Waals surface area contributed by atoms with Gasteiger partial charge in [0.1, 0.15) is 5.75 Å². The van der Waals surface area contributed by atoms with E-state index in [-0.39, 0.29) is 24.1 Å². The van der Waals surface area contributed by atoms with Gasteiger partial charge in [0.25, 0.3) is 5.91 Å². The molecule has 0 radical (unpaired) electrons. The minimum atomic E-state index is -0.226. The molecule has 3 aromatic rings.